The number of carbonyl (C=O) groups is 1. The summed E-state index contributed by atoms with van der Waals surface area (Å²) in [6, 6.07) is 0. The quantitative estimate of drug-likeness (QED) is 0.367. The normalized spacial score (nSPS) is 10.8. The van der Waals surface area contributed by atoms with Crippen molar-refractivity contribution in [2.75, 3.05) is 19.4 Å². The van der Waals surface area contributed by atoms with Gasteiger partial charge in [0.25, 0.3) is 10.1 Å². The Bertz CT molecular complexity index is 270. The number of nitrogens with one attached hydrogen (secondary N) is 1. The molecule has 0 aromatic heterocycles. The van der Waals surface area contributed by atoms with Gasteiger partial charge in [-0.15, -0.1) is 0 Å². The smallest absolute Gasteiger partial charge is 0.267 e. The van der Waals surface area contributed by atoms with Gasteiger partial charge in [-0.25, -0.2) is 0 Å². The van der Waals surface area contributed by atoms with Crippen molar-refractivity contribution >= 4 is 16.0 Å². The van der Waals surface area contributed by atoms with E-state index in [0.717, 1.165) is 13.2 Å². The highest BCUT2D eigenvalue weighted by molar-refractivity contribution is 7.86. The zero-order chi connectivity index (χ0) is 10.3. The Hall–Kier alpha value is -0.880. The van der Waals surface area contributed by atoms with Crippen molar-refractivity contribution in [3.8, 4) is 0 Å². The van der Waals surface area contributed by atoms with Crippen LogP contribution in [0.5, 0.6) is 0 Å². The molecule has 0 bridgehead atoms. The molecule has 0 fully saturated rings. The van der Waals surface area contributed by atoms with Gasteiger partial charge in [0.1, 0.15) is 0 Å². The molecule has 0 saturated carbocycles. The SMILES string of the molecule is C=CC(=O)NCCCS(=O)(=O)OC. The van der Waals surface area contributed by atoms with E-state index in [9.17, 15) is 13.2 Å². The zero-order valence-electron chi connectivity index (χ0n) is 7.45. The van der Waals surface area contributed by atoms with Crippen LogP contribution in [0.3, 0.4) is 0 Å². The molecule has 0 atom stereocenters. The highest BCUT2D eigenvalue weighted by atomic mass is 32.2. The lowest BCUT2D eigenvalue weighted by Crippen LogP contribution is -2.24. The third-order valence-corrected chi connectivity index (χ3v) is 2.61. The molecule has 1 N–H and O–H groups in total. The largest absolute Gasteiger partial charge is 0.353 e. The highest BCUT2D eigenvalue weighted by Crippen LogP contribution is 1.92. The van der Waals surface area contributed by atoms with Crippen LogP contribution >= 0.6 is 0 Å². The van der Waals surface area contributed by atoms with Crippen LogP contribution in [-0.2, 0) is 19.1 Å². The summed E-state index contributed by atoms with van der Waals surface area (Å²) in [6.07, 6.45) is 1.46. The van der Waals surface area contributed by atoms with Gasteiger partial charge < -0.3 is 5.32 Å². The minimum Gasteiger partial charge on any atom is -0.353 e. The number of carbonyl (C=O) groups excluding carboxylic acids is 1. The second kappa shape index (κ2) is 5.71. The predicted octanol–water partition coefficient (Wildman–Crippen LogP) is -0.345. The minimum absolute atomic E-state index is 0.0963. The fourth-order valence-electron chi connectivity index (χ4n) is 0.616. The van der Waals surface area contributed by atoms with Gasteiger partial charge in [0.05, 0.1) is 12.9 Å². The fourth-order valence-corrected chi connectivity index (χ4v) is 1.28. The van der Waals surface area contributed by atoms with E-state index < -0.39 is 10.1 Å². The minimum atomic E-state index is -3.40. The first-order valence-electron chi connectivity index (χ1n) is 3.70. The lowest BCUT2D eigenvalue weighted by molar-refractivity contribution is -0.116. The molecule has 76 valence electrons. The van der Waals surface area contributed by atoms with Crippen molar-refractivity contribution in [3.63, 3.8) is 0 Å². The number of hydrogen-bond donors (Lipinski definition) is 1. The van der Waals surface area contributed by atoms with Gasteiger partial charge in [-0.2, -0.15) is 8.42 Å². The first kappa shape index (κ1) is 12.1. The molecule has 0 aliphatic rings. The van der Waals surface area contributed by atoms with E-state index in [1.54, 1.807) is 0 Å². The Labute approximate surface area is 77.9 Å². The van der Waals surface area contributed by atoms with E-state index in [1.165, 1.54) is 0 Å². The lowest BCUT2D eigenvalue weighted by Gasteiger charge is -2.01. The highest BCUT2D eigenvalue weighted by Gasteiger charge is 2.07. The average Bonchev–Trinajstić information content (AvgIpc) is 2.12. The third kappa shape index (κ3) is 6.30. The topological polar surface area (TPSA) is 72.5 Å². The van der Waals surface area contributed by atoms with Crippen molar-refractivity contribution in [3.05, 3.63) is 12.7 Å². The molecule has 6 heteroatoms. The number of amides is 1. The summed E-state index contributed by atoms with van der Waals surface area (Å²) in [5, 5.41) is 2.45. The van der Waals surface area contributed by atoms with Crippen LogP contribution in [0, 0.1) is 0 Å². The second-order valence-corrected chi connectivity index (χ2v) is 4.13. The zero-order valence-corrected chi connectivity index (χ0v) is 8.26. The predicted molar refractivity (Wildman–Crippen MR) is 48.6 cm³/mol. The van der Waals surface area contributed by atoms with Crippen LogP contribution < -0.4 is 5.32 Å². The number of hydrogen-bond acceptors (Lipinski definition) is 4. The van der Waals surface area contributed by atoms with Gasteiger partial charge in [-0.3, -0.25) is 8.98 Å². The van der Waals surface area contributed by atoms with E-state index in [-0.39, 0.29) is 11.7 Å². The number of rotatable bonds is 6. The Morgan fingerprint density at radius 1 is 1.62 bits per heavy atom. The van der Waals surface area contributed by atoms with Crippen molar-refractivity contribution in [1.29, 1.82) is 0 Å². The average molecular weight is 207 g/mol. The Kier molecular flexibility index (Phi) is 5.33. The molecular formula is C7H13NO4S. The molecule has 0 aromatic carbocycles. The molecule has 0 aliphatic carbocycles. The summed E-state index contributed by atoms with van der Waals surface area (Å²) in [5.74, 6) is -0.407. The van der Waals surface area contributed by atoms with Gasteiger partial charge in [0.15, 0.2) is 0 Å². The van der Waals surface area contributed by atoms with Gasteiger partial charge in [-0.05, 0) is 12.5 Å². The summed E-state index contributed by atoms with van der Waals surface area (Å²) < 4.78 is 25.7. The molecule has 1 amide bonds. The van der Waals surface area contributed by atoms with E-state index in [4.69, 9.17) is 0 Å². The monoisotopic (exact) mass is 207 g/mol. The second-order valence-electron chi connectivity index (χ2n) is 2.28. The molecule has 0 rings (SSSR count). The van der Waals surface area contributed by atoms with E-state index in [1.807, 2.05) is 0 Å². The molecule has 0 spiro atoms. The standard InChI is InChI=1S/C7H13NO4S/c1-3-7(9)8-5-4-6-13(10,11)12-2/h3H,1,4-6H2,2H3,(H,8,9). The molecular weight excluding hydrogens is 194 g/mol. The van der Waals surface area contributed by atoms with Crippen LogP contribution in [0.1, 0.15) is 6.42 Å². The summed E-state index contributed by atoms with van der Waals surface area (Å²) >= 11 is 0. The maximum atomic E-state index is 10.8. The van der Waals surface area contributed by atoms with Gasteiger partial charge >= 0.3 is 0 Å². The summed E-state index contributed by atoms with van der Waals surface area (Å²) in [4.78, 5) is 10.6. The van der Waals surface area contributed by atoms with Crippen LogP contribution in [0.4, 0.5) is 0 Å². The third-order valence-electron chi connectivity index (χ3n) is 1.31. The van der Waals surface area contributed by atoms with Gasteiger partial charge in [0.2, 0.25) is 5.91 Å². The van der Waals surface area contributed by atoms with Crippen LogP contribution in [0.15, 0.2) is 12.7 Å². The van der Waals surface area contributed by atoms with Gasteiger partial charge in [-0.1, -0.05) is 6.58 Å². The van der Waals surface area contributed by atoms with Crippen molar-refractivity contribution in [1.82, 2.24) is 5.32 Å². The molecule has 0 saturated heterocycles. The fraction of sp³-hybridized carbons (Fsp3) is 0.571. The van der Waals surface area contributed by atoms with Crippen molar-refractivity contribution in [2.24, 2.45) is 0 Å². The molecule has 0 unspecified atom stereocenters. The molecule has 0 radical (unpaired) electrons. The first-order valence-corrected chi connectivity index (χ1v) is 5.28. The molecule has 13 heavy (non-hydrogen) atoms. The van der Waals surface area contributed by atoms with E-state index in [2.05, 4.69) is 16.1 Å². The molecule has 0 heterocycles. The maximum Gasteiger partial charge on any atom is 0.267 e. The van der Waals surface area contributed by atoms with Crippen molar-refractivity contribution in [2.45, 2.75) is 6.42 Å². The summed E-state index contributed by atoms with van der Waals surface area (Å²) in [6.45, 7) is 3.55. The molecule has 0 aromatic rings. The first-order chi connectivity index (χ1) is 6.02. The Morgan fingerprint density at radius 3 is 2.69 bits per heavy atom. The Morgan fingerprint density at radius 2 is 2.23 bits per heavy atom. The summed E-state index contributed by atoms with van der Waals surface area (Å²) in [7, 11) is -2.29. The van der Waals surface area contributed by atoms with Crippen LogP contribution in [0.25, 0.3) is 0 Å². The summed E-state index contributed by atoms with van der Waals surface area (Å²) in [5.41, 5.74) is 0. The van der Waals surface area contributed by atoms with E-state index in [0.29, 0.717) is 13.0 Å². The van der Waals surface area contributed by atoms with Gasteiger partial charge in [0, 0.05) is 6.54 Å². The van der Waals surface area contributed by atoms with Crippen LogP contribution in [-0.4, -0.2) is 33.7 Å². The van der Waals surface area contributed by atoms with Crippen LogP contribution in [0.2, 0.25) is 0 Å². The van der Waals surface area contributed by atoms with E-state index >= 15 is 0 Å². The lowest BCUT2D eigenvalue weighted by atomic mass is 10.4. The van der Waals surface area contributed by atoms with Crippen molar-refractivity contribution < 1.29 is 17.4 Å². The Balaban J connectivity index is 3.58. The maximum absolute atomic E-state index is 10.8. The molecule has 0 aliphatic heterocycles. The molecule has 5 nitrogen and oxygen atoms in total.